The second-order valence-electron chi connectivity index (χ2n) is 7.42. The molecule has 1 N–H and O–H groups in total. The van der Waals surface area contributed by atoms with E-state index >= 15 is 0 Å². The molecule has 1 aliphatic carbocycles. The summed E-state index contributed by atoms with van der Waals surface area (Å²) in [5, 5.41) is 3.07. The van der Waals surface area contributed by atoms with Crippen molar-refractivity contribution in [2.45, 2.75) is 59.3 Å². The largest absolute Gasteiger partial charge is 0.377 e. The van der Waals surface area contributed by atoms with Crippen LogP contribution in [-0.4, -0.2) is 32.4 Å². The number of rotatable bonds is 8. The van der Waals surface area contributed by atoms with Gasteiger partial charge in [-0.2, -0.15) is 0 Å². The van der Waals surface area contributed by atoms with Crippen LogP contribution in [0.3, 0.4) is 0 Å². The van der Waals surface area contributed by atoms with E-state index in [0.717, 1.165) is 35.1 Å². The Bertz CT molecular complexity index is 722. The van der Waals surface area contributed by atoms with Crippen molar-refractivity contribution in [1.29, 1.82) is 0 Å². The number of nitrogens with one attached hydrogen (secondary N) is 1. The van der Waals surface area contributed by atoms with Gasteiger partial charge in [0.05, 0.1) is 11.5 Å². The molecule has 0 aromatic heterocycles. The smallest absolute Gasteiger partial charge is 0.0988 e. The molecule has 1 aromatic carbocycles. The van der Waals surface area contributed by atoms with Crippen molar-refractivity contribution in [1.82, 2.24) is 5.32 Å². The lowest BCUT2D eigenvalue weighted by Crippen LogP contribution is -2.13. The number of allylic oxidation sites excluding steroid dienone is 1. The summed E-state index contributed by atoms with van der Waals surface area (Å²) in [6.45, 7) is 10.7. The Morgan fingerprint density at radius 2 is 1.96 bits per heavy atom. The van der Waals surface area contributed by atoms with Crippen LogP contribution in [0.2, 0.25) is 0 Å². The third-order valence-corrected chi connectivity index (χ3v) is 5.55. The molecule has 1 aromatic rings. The number of hydrogen-bond donors (Lipinski definition) is 1. The summed E-state index contributed by atoms with van der Waals surface area (Å²) in [6, 6.07) is 4.16. The number of aliphatic imine (C=N–C) groups is 3. The van der Waals surface area contributed by atoms with Crippen molar-refractivity contribution in [3.8, 4) is 0 Å². The van der Waals surface area contributed by atoms with E-state index in [2.05, 4.69) is 53.0 Å². The lowest BCUT2D eigenvalue weighted by Gasteiger charge is -2.12. The van der Waals surface area contributed by atoms with Gasteiger partial charge in [-0.25, -0.2) is 4.99 Å². The van der Waals surface area contributed by atoms with Crippen LogP contribution in [0.4, 0.5) is 5.69 Å². The third kappa shape index (κ3) is 6.16. The van der Waals surface area contributed by atoms with Crippen molar-refractivity contribution >= 4 is 30.0 Å². The van der Waals surface area contributed by atoms with E-state index in [-0.39, 0.29) is 0 Å². The molecule has 1 fully saturated rings. The third-order valence-electron chi connectivity index (χ3n) is 5.55. The molecule has 4 heteroatoms. The monoisotopic (exact) mass is 366 g/mol. The van der Waals surface area contributed by atoms with Gasteiger partial charge in [-0.15, -0.1) is 0 Å². The average molecular weight is 367 g/mol. The average Bonchev–Trinajstić information content (AvgIpc) is 3.18. The normalized spacial score (nSPS) is 16.3. The van der Waals surface area contributed by atoms with Gasteiger partial charge in [0.15, 0.2) is 0 Å². The maximum Gasteiger partial charge on any atom is 0.0988 e. The van der Waals surface area contributed by atoms with Gasteiger partial charge in [0, 0.05) is 31.6 Å². The fourth-order valence-corrected chi connectivity index (χ4v) is 3.68. The van der Waals surface area contributed by atoms with Crippen molar-refractivity contribution in [2.24, 2.45) is 20.9 Å². The summed E-state index contributed by atoms with van der Waals surface area (Å²) in [5.74, 6) is 1.83. The van der Waals surface area contributed by atoms with Crippen LogP contribution in [0, 0.1) is 19.8 Å². The zero-order valence-corrected chi connectivity index (χ0v) is 17.4. The van der Waals surface area contributed by atoms with Crippen LogP contribution in [0.25, 0.3) is 5.57 Å². The SMILES string of the molecule is C=N/C=C(\C=N/CCCC1CCCC1)c1ccc(/N=C(\C)NC)c(C)c1C. The molecule has 0 amide bonds. The maximum absolute atomic E-state index is 4.66. The van der Waals surface area contributed by atoms with Gasteiger partial charge in [0.25, 0.3) is 0 Å². The lowest BCUT2D eigenvalue weighted by molar-refractivity contribution is 0.488. The number of amidine groups is 1. The summed E-state index contributed by atoms with van der Waals surface area (Å²) in [7, 11) is 1.88. The first-order chi connectivity index (χ1) is 13.1. The van der Waals surface area contributed by atoms with Gasteiger partial charge in [-0.3, -0.25) is 9.98 Å². The van der Waals surface area contributed by atoms with E-state index in [9.17, 15) is 0 Å². The minimum Gasteiger partial charge on any atom is -0.377 e. The Balaban J connectivity index is 2.09. The van der Waals surface area contributed by atoms with E-state index in [4.69, 9.17) is 0 Å². The number of hydrogen-bond acceptors (Lipinski definition) is 3. The highest BCUT2D eigenvalue weighted by Gasteiger charge is 2.14. The molecule has 0 radical (unpaired) electrons. The van der Waals surface area contributed by atoms with Crippen molar-refractivity contribution in [2.75, 3.05) is 13.6 Å². The zero-order chi connectivity index (χ0) is 19.6. The molecule has 0 spiro atoms. The Hall–Kier alpha value is -2.23. The highest BCUT2D eigenvalue weighted by Crippen LogP contribution is 2.29. The molecular weight excluding hydrogens is 332 g/mol. The molecule has 0 atom stereocenters. The molecule has 146 valence electrons. The van der Waals surface area contributed by atoms with Gasteiger partial charge in [-0.1, -0.05) is 31.7 Å². The summed E-state index contributed by atoms with van der Waals surface area (Å²) >= 11 is 0. The summed E-state index contributed by atoms with van der Waals surface area (Å²) < 4.78 is 0. The Labute approximate surface area is 164 Å². The van der Waals surface area contributed by atoms with Gasteiger partial charge < -0.3 is 5.32 Å². The first kappa shape index (κ1) is 21.1. The molecule has 0 bridgehead atoms. The Kier molecular flexibility index (Phi) is 8.43. The van der Waals surface area contributed by atoms with Crippen LogP contribution >= 0.6 is 0 Å². The molecule has 2 rings (SSSR count). The first-order valence-electron chi connectivity index (χ1n) is 10.1. The van der Waals surface area contributed by atoms with Gasteiger partial charge in [0.2, 0.25) is 0 Å². The summed E-state index contributed by atoms with van der Waals surface area (Å²) in [6.07, 6.45) is 11.9. The van der Waals surface area contributed by atoms with Crippen LogP contribution < -0.4 is 5.32 Å². The zero-order valence-electron chi connectivity index (χ0n) is 17.4. The number of nitrogens with zero attached hydrogens (tertiary/aromatic N) is 3. The van der Waals surface area contributed by atoms with E-state index in [1.54, 1.807) is 6.20 Å². The van der Waals surface area contributed by atoms with E-state index in [1.807, 2.05) is 20.2 Å². The quantitative estimate of drug-likeness (QED) is 0.360. The molecular formula is C23H34N4. The van der Waals surface area contributed by atoms with E-state index < -0.39 is 0 Å². The van der Waals surface area contributed by atoms with Gasteiger partial charge >= 0.3 is 0 Å². The van der Waals surface area contributed by atoms with Crippen LogP contribution in [-0.2, 0) is 0 Å². The summed E-state index contributed by atoms with van der Waals surface area (Å²) in [4.78, 5) is 13.3. The highest BCUT2D eigenvalue weighted by molar-refractivity contribution is 6.10. The molecule has 1 aliphatic rings. The van der Waals surface area contributed by atoms with Crippen molar-refractivity contribution < 1.29 is 0 Å². The minimum atomic E-state index is 0.882. The molecule has 1 saturated carbocycles. The van der Waals surface area contributed by atoms with Crippen LogP contribution in [0.1, 0.15) is 62.1 Å². The summed E-state index contributed by atoms with van der Waals surface area (Å²) in [5.41, 5.74) is 5.51. The second kappa shape index (κ2) is 10.8. The molecule has 0 heterocycles. The maximum atomic E-state index is 4.66. The molecule has 0 aliphatic heterocycles. The lowest BCUT2D eigenvalue weighted by atomic mass is 9.96. The predicted molar refractivity (Wildman–Crippen MR) is 120 cm³/mol. The van der Waals surface area contributed by atoms with Gasteiger partial charge in [-0.05, 0) is 69.0 Å². The van der Waals surface area contributed by atoms with Crippen LogP contribution in [0.5, 0.6) is 0 Å². The van der Waals surface area contributed by atoms with Gasteiger partial charge in [0.1, 0.15) is 0 Å². The molecule has 27 heavy (non-hydrogen) atoms. The number of benzene rings is 1. The second-order valence-corrected chi connectivity index (χ2v) is 7.42. The van der Waals surface area contributed by atoms with Crippen molar-refractivity contribution in [3.63, 3.8) is 0 Å². The minimum absolute atomic E-state index is 0.882. The molecule has 0 unspecified atom stereocenters. The van der Waals surface area contributed by atoms with E-state index in [1.165, 1.54) is 49.7 Å². The van der Waals surface area contributed by atoms with Crippen molar-refractivity contribution in [3.05, 3.63) is 35.0 Å². The highest BCUT2D eigenvalue weighted by atomic mass is 15.0. The molecule has 0 saturated heterocycles. The van der Waals surface area contributed by atoms with E-state index in [0.29, 0.717) is 0 Å². The Morgan fingerprint density at radius 1 is 1.22 bits per heavy atom. The molecule has 4 nitrogen and oxygen atoms in total. The Morgan fingerprint density at radius 3 is 2.63 bits per heavy atom. The topological polar surface area (TPSA) is 49.1 Å². The standard InChI is InChI=1S/C23H34N4/c1-17-18(2)23(27-19(3)25-5)13-12-22(17)21(15-24-4)16-26-14-8-11-20-9-6-7-10-20/h12-13,15-16,20H,4,6-11,14H2,1-3,5H3,(H,25,27)/b21-15+,26-16-. The van der Waals surface area contributed by atoms with Crippen LogP contribution in [0.15, 0.2) is 33.3 Å². The fourth-order valence-electron chi connectivity index (χ4n) is 3.68. The predicted octanol–water partition coefficient (Wildman–Crippen LogP) is 5.66. The fraction of sp³-hybridized carbons (Fsp3) is 0.522. The first-order valence-corrected chi connectivity index (χ1v) is 10.1.